The first-order valence-electron chi connectivity index (χ1n) is 10.3. The SMILES string of the molecule is CC(C)OC(=O)COc1ccc(C=Nn2c(C(C)(C)C)nc3ccc(Br)cc3c2=O)cc1Br. The van der Waals surface area contributed by atoms with Crippen LogP contribution in [0.2, 0.25) is 0 Å². The predicted molar refractivity (Wildman–Crippen MR) is 136 cm³/mol. The van der Waals surface area contributed by atoms with Crippen molar-refractivity contribution >= 4 is 54.9 Å². The van der Waals surface area contributed by atoms with Crippen LogP contribution in [0.4, 0.5) is 0 Å². The van der Waals surface area contributed by atoms with Crippen molar-refractivity contribution in [1.82, 2.24) is 9.66 Å². The van der Waals surface area contributed by atoms with Crippen molar-refractivity contribution in [2.24, 2.45) is 5.10 Å². The van der Waals surface area contributed by atoms with Gasteiger partial charge in [-0.3, -0.25) is 4.79 Å². The Balaban J connectivity index is 1.92. The number of benzene rings is 2. The van der Waals surface area contributed by atoms with Gasteiger partial charge in [-0.2, -0.15) is 9.78 Å². The van der Waals surface area contributed by atoms with Gasteiger partial charge in [0, 0.05) is 9.89 Å². The van der Waals surface area contributed by atoms with Crippen molar-refractivity contribution in [2.75, 3.05) is 6.61 Å². The molecule has 1 heterocycles. The highest BCUT2D eigenvalue weighted by Crippen LogP contribution is 2.26. The number of carbonyl (C=O) groups is 1. The summed E-state index contributed by atoms with van der Waals surface area (Å²) in [6.07, 6.45) is 1.39. The van der Waals surface area contributed by atoms with Crippen LogP contribution in [0.3, 0.4) is 0 Å². The molecule has 0 atom stereocenters. The molecular formula is C24H25Br2N3O4. The van der Waals surface area contributed by atoms with E-state index in [4.69, 9.17) is 14.5 Å². The van der Waals surface area contributed by atoms with Crippen LogP contribution in [0.5, 0.6) is 5.75 Å². The van der Waals surface area contributed by atoms with Gasteiger partial charge in [0.05, 0.1) is 27.7 Å². The van der Waals surface area contributed by atoms with E-state index < -0.39 is 11.4 Å². The van der Waals surface area contributed by atoms with E-state index in [0.29, 0.717) is 26.9 Å². The number of halogens is 2. The van der Waals surface area contributed by atoms with E-state index in [1.165, 1.54) is 4.68 Å². The van der Waals surface area contributed by atoms with Crippen LogP contribution >= 0.6 is 31.9 Å². The number of ether oxygens (including phenoxy) is 2. The molecule has 0 unspecified atom stereocenters. The third-order valence-corrected chi connectivity index (χ3v) is 5.58. The van der Waals surface area contributed by atoms with E-state index in [-0.39, 0.29) is 18.3 Å². The lowest BCUT2D eigenvalue weighted by molar-refractivity contribution is -0.149. The van der Waals surface area contributed by atoms with Gasteiger partial charge in [-0.25, -0.2) is 9.78 Å². The highest BCUT2D eigenvalue weighted by Gasteiger charge is 2.23. The molecule has 0 radical (unpaired) electrons. The fourth-order valence-corrected chi connectivity index (χ4v) is 3.89. The zero-order valence-corrected chi connectivity index (χ0v) is 22.2. The van der Waals surface area contributed by atoms with Crippen LogP contribution < -0.4 is 10.3 Å². The molecule has 1 aromatic heterocycles. The summed E-state index contributed by atoms with van der Waals surface area (Å²) in [6, 6.07) is 10.7. The van der Waals surface area contributed by atoms with Gasteiger partial charge in [0.2, 0.25) is 0 Å². The minimum Gasteiger partial charge on any atom is -0.481 e. The number of rotatable bonds is 6. The Morgan fingerprint density at radius 2 is 1.91 bits per heavy atom. The topological polar surface area (TPSA) is 82.8 Å². The van der Waals surface area contributed by atoms with Gasteiger partial charge in [-0.05, 0) is 71.7 Å². The van der Waals surface area contributed by atoms with Crippen LogP contribution in [0.15, 0.2) is 55.2 Å². The first kappa shape index (κ1) is 25.1. The van der Waals surface area contributed by atoms with E-state index >= 15 is 0 Å². The van der Waals surface area contributed by atoms with Crippen LogP contribution in [0.25, 0.3) is 10.9 Å². The second kappa shape index (κ2) is 10.2. The molecule has 0 spiro atoms. The summed E-state index contributed by atoms with van der Waals surface area (Å²) in [5.41, 5.74) is 0.714. The van der Waals surface area contributed by atoms with E-state index in [2.05, 4.69) is 37.0 Å². The molecule has 0 aliphatic rings. The number of fused-ring (bicyclic) bond motifs is 1. The van der Waals surface area contributed by atoms with E-state index in [9.17, 15) is 9.59 Å². The minimum absolute atomic E-state index is 0.188. The molecule has 2 aromatic carbocycles. The van der Waals surface area contributed by atoms with Crippen molar-refractivity contribution in [1.29, 1.82) is 0 Å². The second-order valence-electron chi connectivity index (χ2n) is 8.73. The summed E-state index contributed by atoms with van der Waals surface area (Å²) in [6.45, 7) is 9.33. The maximum absolute atomic E-state index is 13.2. The van der Waals surface area contributed by atoms with Gasteiger partial charge in [-0.15, -0.1) is 0 Å². The van der Waals surface area contributed by atoms with Crippen molar-refractivity contribution in [3.05, 3.63) is 67.1 Å². The standard InChI is InChI=1S/C24H25Br2N3O4/c1-14(2)33-21(30)13-32-20-9-6-15(10-18(20)26)12-27-29-22(31)17-11-16(25)7-8-19(17)28-23(29)24(3,4)5/h6-12,14H,13H2,1-5H3. The number of carbonyl (C=O) groups excluding carboxylic acids is 1. The molecule has 0 aliphatic heterocycles. The molecule has 0 saturated carbocycles. The fourth-order valence-electron chi connectivity index (χ4n) is 3.01. The molecule has 7 nitrogen and oxygen atoms in total. The smallest absolute Gasteiger partial charge is 0.344 e. The summed E-state index contributed by atoms with van der Waals surface area (Å²) in [5.74, 6) is 0.617. The summed E-state index contributed by atoms with van der Waals surface area (Å²) < 4.78 is 13.4. The largest absolute Gasteiger partial charge is 0.481 e. The van der Waals surface area contributed by atoms with Crippen molar-refractivity contribution < 1.29 is 14.3 Å². The summed E-state index contributed by atoms with van der Waals surface area (Å²) in [4.78, 5) is 29.6. The predicted octanol–water partition coefficient (Wildman–Crippen LogP) is 5.43. The fraction of sp³-hybridized carbons (Fsp3) is 0.333. The lowest BCUT2D eigenvalue weighted by Crippen LogP contribution is -2.29. The van der Waals surface area contributed by atoms with Crippen LogP contribution in [0.1, 0.15) is 46.0 Å². The highest BCUT2D eigenvalue weighted by molar-refractivity contribution is 9.10. The third kappa shape index (κ3) is 6.29. The molecule has 0 aliphatic carbocycles. The normalized spacial score (nSPS) is 12.0. The van der Waals surface area contributed by atoms with Gasteiger partial charge >= 0.3 is 5.97 Å². The number of hydrogen-bond donors (Lipinski definition) is 0. The Hall–Kier alpha value is -2.52. The molecule has 3 rings (SSSR count). The average Bonchev–Trinajstić information content (AvgIpc) is 2.71. The Bertz CT molecular complexity index is 1280. The Kier molecular flexibility index (Phi) is 7.74. The summed E-state index contributed by atoms with van der Waals surface area (Å²) in [7, 11) is 0. The zero-order chi connectivity index (χ0) is 24.3. The molecule has 9 heteroatoms. The zero-order valence-electron chi connectivity index (χ0n) is 19.1. The average molecular weight is 579 g/mol. The van der Waals surface area contributed by atoms with Crippen LogP contribution in [-0.2, 0) is 14.9 Å². The van der Waals surface area contributed by atoms with E-state index in [0.717, 1.165) is 10.0 Å². The van der Waals surface area contributed by atoms with Gasteiger partial charge in [0.15, 0.2) is 6.61 Å². The molecule has 0 fully saturated rings. The molecule has 174 valence electrons. The molecule has 0 saturated heterocycles. The van der Waals surface area contributed by atoms with Crippen molar-refractivity contribution in [2.45, 2.75) is 46.1 Å². The van der Waals surface area contributed by atoms with E-state index in [1.54, 1.807) is 44.3 Å². The van der Waals surface area contributed by atoms with Gasteiger partial charge < -0.3 is 9.47 Å². The third-order valence-electron chi connectivity index (χ3n) is 4.47. The van der Waals surface area contributed by atoms with Crippen LogP contribution in [-0.4, -0.2) is 34.6 Å². The number of aromatic nitrogens is 2. The summed E-state index contributed by atoms with van der Waals surface area (Å²) in [5, 5.41) is 4.94. The molecule has 0 N–H and O–H groups in total. The lowest BCUT2D eigenvalue weighted by Gasteiger charge is -2.20. The lowest BCUT2D eigenvalue weighted by atomic mass is 9.95. The van der Waals surface area contributed by atoms with E-state index in [1.807, 2.05) is 32.9 Å². The highest BCUT2D eigenvalue weighted by atomic mass is 79.9. The summed E-state index contributed by atoms with van der Waals surface area (Å²) >= 11 is 6.86. The molecule has 0 bridgehead atoms. The number of esters is 1. The maximum atomic E-state index is 13.2. The first-order valence-corrected chi connectivity index (χ1v) is 11.9. The minimum atomic E-state index is -0.438. The van der Waals surface area contributed by atoms with Crippen molar-refractivity contribution in [3.8, 4) is 5.75 Å². The van der Waals surface area contributed by atoms with Gasteiger partial charge in [0.25, 0.3) is 5.56 Å². The van der Waals surface area contributed by atoms with Crippen LogP contribution in [0, 0.1) is 0 Å². The Morgan fingerprint density at radius 3 is 2.55 bits per heavy atom. The van der Waals surface area contributed by atoms with Crippen molar-refractivity contribution in [3.63, 3.8) is 0 Å². The molecule has 0 amide bonds. The molecule has 3 aromatic rings. The first-order chi connectivity index (χ1) is 15.5. The molecule has 33 heavy (non-hydrogen) atoms. The monoisotopic (exact) mass is 577 g/mol. The van der Waals surface area contributed by atoms with Gasteiger partial charge in [-0.1, -0.05) is 36.7 Å². The maximum Gasteiger partial charge on any atom is 0.344 e. The second-order valence-corrected chi connectivity index (χ2v) is 10.5. The Morgan fingerprint density at radius 1 is 1.18 bits per heavy atom. The van der Waals surface area contributed by atoms with Gasteiger partial charge in [0.1, 0.15) is 11.6 Å². The number of hydrogen-bond acceptors (Lipinski definition) is 6. The quantitative estimate of drug-likeness (QED) is 0.288. The number of nitrogens with zero attached hydrogens (tertiary/aromatic N) is 3. The Labute approximate surface area is 209 Å². The molecular weight excluding hydrogens is 554 g/mol.